The normalized spacial score (nSPS) is 15.2. The molecule has 0 atom stereocenters. The van der Waals surface area contributed by atoms with E-state index < -0.39 is 17.7 Å². The van der Waals surface area contributed by atoms with E-state index in [0.29, 0.717) is 32.0 Å². The third kappa shape index (κ3) is 3.84. The van der Waals surface area contributed by atoms with Crippen LogP contribution < -0.4 is 4.90 Å². The number of ether oxygens (including phenoxy) is 2. The number of thioether (sulfide) groups is 1. The van der Waals surface area contributed by atoms with Crippen molar-refractivity contribution in [1.29, 1.82) is 0 Å². The second kappa shape index (κ2) is 7.93. The zero-order valence-corrected chi connectivity index (χ0v) is 15.7. The van der Waals surface area contributed by atoms with Gasteiger partial charge in [0.1, 0.15) is 10.6 Å². The highest BCUT2D eigenvalue weighted by atomic mass is 32.2. The number of rotatable bonds is 4. The number of alkyl halides is 3. The maximum atomic E-state index is 13.5. The summed E-state index contributed by atoms with van der Waals surface area (Å²) in [7, 11) is 0. The van der Waals surface area contributed by atoms with E-state index in [4.69, 9.17) is 9.47 Å². The first kappa shape index (κ1) is 19.8. The first-order valence-electron chi connectivity index (χ1n) is 8.46. The number of morpholine rings is 1. The van der Waals surface area contributed by atoms with Crippen LogP contribution in [0.2, 0.25) is 0 Å². The van der Waals surface area contributed by atoms with Gasteiger partial charge >= 0.3 is 12.1 Å². The van der Waals surface area contributed by atoms with Crippen molar-refractivity contribution < 1.29 is 27.4 Å². The number of halogens is 3. The average molecular weight is 400 g/mol. The SMILES string of the molecule is CCOC(=O)c1c(SC)nc2c(C(F)(F)F)cccc2c1N1CCOCC1. The van der Waals surface area contributed by atoms with E-state index in [1.54, 1.807) is 19.2 Å². The maximum Gasteiger partial charge on any atom is 0.418 e. The number of esters is 1. The number of anilines is 1. The van der Waals surface area contributed by atoms with Crippen molar-refractivity contribution in [2.75, 3.05) is 44.1 Å². The van der Waals surface area contributed by atoms with Gasteiger partial charge in [-0.3, -0.25) is 0 Å². The predicted molar refractivity (Wildman–Crippen MR) is 97.5 cm³/mol. The number of carbonyl (C=O) groups excluding carboxylic acids is 1. The number of hydrogen-bond acceptors (Lipinski definition) is 6. The van der Waals surface area contributed by atoms with Crippen LogP contribution in [0.5, 0.6) is 0 Å². The Labute approximate surface area is 158 Å². The van der Waals surface area contributed by atoms with Crippen LogP contribution in [0.25, 0.3) is 10.9 Å². The van der Waals surface area contributed by atoms with E-state index in [-0.39, 0.29) is 28.1 Å². The van der Waals surface area contributed by atoms with Crippen molar-refractivity contribution in [3.63, 3.8) is 0 Å². The molecule has 1 saturated heterocycles. The maximum absolute atomic E-state index is 13.5. The summed E-state index contributed by atoms with van der Waals surface area (Å²) in [5.41, 5.74) is -0.348. The molecule has 3 rings (SSSR count). The molecule has 27 heavy (non-hydrogen) atoms. The molecule has 0 N–H and O–H groups in total. The Morgan fingerprint density at radius 3 is 2.63 bits per heavy atom. The van der Waals surface area contributed by atoms with Crippen molar-refractivity contribution in [1.82, 2.24) is 4.98 Å². The summed E-state index contributed by atoms with van der Waals surface area (Å²) in [6.07, 6.45) is -2.87. The van der Waals surface area contributed by atoms with Crippen molar-refractivity contribution in [2.45, 2.75) is 18.1 Å². The quantitative estimate of drug-likeness (QED) is 0.572. The van der Waals surface area contributed by atoms with Crippen molar-refractivity contribution in [3.8, 4) is 0 Å². The highest BCUT2D eigenvalue weighted by molar-refractivity contribution is 7.98. The molecule has 2 aromatic rings. The van der Waals surface area contributed by atoms with Crippen LogP contribution in [0, 0.1) is 0 Å². The van der Waals surface area contributed by atoms with Crippen LogP contribution in [0.4, 0.5) is 18.9 Å². The molecule has 1 aromatic carbocycles. The predicted octanol–water partition coefficient (Wildman–Crippen LogP) is 3.99. The number of pyridine rings is 1. The molecule has 0 radical (unpaired) electrons. The van der Waals surface area contributed by atoms with Gasteiger partial charge in [-0.25, -0.2) is 9.78 Å². The van der Waals surface area contributed by atoms with E-state index >= 15 is 0 Å². The largest absolute Gasteiger partial charge is 0.462 e. The van der Waals surface area contributed by atoms with E-state index in [2.05, 4.69) is 4.98 Å². The monoisotopic (exact) mass is 400 g/mol. The fraction of sp³-hybridized carbons (Fsp3) is 0.444. The smallest absolute Gasteiger partial charge is 0.418 e. The molecule has 1 aliphatic rings. The Bertz CT molecular complexity index is 852. The number of hydrogen-bond donors (Lipinski definition) is 0. The summed E-state index contributed by atoms with van der Waals surface area (Å²) < 4.78 is 51.1. The van der Waals surface area contributed by atoms with Gasteiger partial charge in [-0.05, 0) is 19.2 Å². The first-order chi connectivity index (χ1) is 12.9. The third-order valence-corrected chi connectivity index (χ3v) is 4.94. The zero-order valence-electron chi connectivity index (χ0n) is 14.9. The van der Waals surface area contributed by atoms with Crippen LogP contribution in [0.1, 0.15) is 22.8 Å². The molecule has 1 fully saturated rings. The molecule has 1 aliphatic heterocycles. The van der Waals surface area contributed by atoms with Crippen molar-refractivity contribution in [2.24, 2.45) is 0 Å². The van der Waals surface area contributed by atoms with Gasteiger partial charge in [0.05, 0.1) is 36.6 Å². The number of fused-ring (bicyclic) bond motifs is 1. The van der Waals surface area contributed by atoms with Crippen LogP contribution in [-0.4, -0.2) is 50.1 Å². The summed E-state index contributed by atoms with van der Waals surface area (Å²) in [6, 6.07) is 3.91. The number of carbonyl (C=O) groups is 1. The fourth-order valence-corrected chi connectivity index (χ4v) is 3.69. The number of para-hydroxylation sites is 1. The number of benzene rings is 1. The highest BCUT2D eigenvalue weighted by Crippen LogP contribution is 2.41. The standard InChI is InChI=1S/C18H19F3N2O3S/c1-3-26-17(24)13-15(23-7-9-25-10-8-23)11-5-4-6-12(18(19,20)21)14(11)22-16(13)27-2/h4-6H,3,7-10H2,1-2H3. The minimum atomic E-state index is -4.55. The lowest BCUT2D eigenvalue weighted by Gasteiger charge is -2.32. The Balaban J connectivity index is 2.36. The van der Waals surface area contributed by atoms with Crippen molar-refractivity contribution >= 4 is 34.3 Å². The lowest BCUT2D eigenvalue weighted by atomic mass is 10.0. The summed E-state index contributed by atoms with van der Waals surface area (Å²) >= 11 is 1.12. The molecule has 9 heteroatoms. The summed E-state index contributed by atoms with van der Waals surface area (Å²) in [6.45, 7) is 3.64. The molecule has 5 nitrogen and oxygen atoms in total. The third-order valence-electron chi connectivity index (χ3n) is 4.26. The van der Waals surface area contributed by atoms with Crippen LogP contribution in [0.15, 0.2) is 23.2 Å². The van der Waals surface area contributed by atoms with Gasteiger partial charge in [-0.2, -0.15) is 13.2 Å². The molecule has 0 amide bonds. The van der Waals surface area contributed by atoms with Gasteiger partial charge in [-0.1, -0.05) is 12.1 Å². The molecule has 0 saturated carbocycles. The molecule has 0 aliphatic carbocycles. The molecule has 0 spiro atoms. The summed E-state index contributed by atoms with van der Waals surface area (Å²) in [4.78, 5) is 18.7. The van der Waals surface area contributed by atoms with E-state index in [0.717, 1.165) is 17.8 Å². The van der Waals surface area contributed by atoms with Gasteiger partial charge in [0.15, 0.2) is 0 Å². The second-order valence-electron chi connectivity index (χ2n) is 5.86. The second-order valence-corrected chi connectivity index (χ2v) is 6.66. The molecule has 0 unspecified atom stereocenters. The molecule has 2 heterocycles. The van der Waals surface area contributed by atoms with Crippen LogP contribution in [-0.2, 0) is 15.7 Å². The van der Waals surface area contributed by atoms with Gasteiger partial charge in [0.25, 0.3) is 0 Å². The van der Waals surface area contributed by atoms with E-state index in [9.17, 15) is 18.0 Å². The molecular weight excluding hydrogens is 381 g/mol. The Morgan fingerprint density at radius 2 is 2.04 bits per heavy atom. The first-order valence-corrected chi connectivity index (χ1v) is 9.68. The Hall–Kier alpha value is -2.00. The average Bonchev–Trinajstić information content (AvgIpc) is 2.66. The molecule has 146 valence electrons. The topological polar surface area (TPSA) is 51.7 Å². The van der Waals surface area contributed by atoms with E-state index in [1.807, 2.05) is 4.90 Å². The number of nitrogens with zero attached hydrogens (tertiary/aromatic N) is 2. The van der Waals surface area contributed by atoms with Gasteiger partial charge < -0.3 is 14.4 Å². The molecule has 0 bridgehead atoms. The summed E-state index contributed by atoms with van der Waals surface area (Å²) in [5, 5.41) is 0.506. The van der Waals surface area contributed by atoms with Gasteiger partial charge in [0.2, 0.25) is 0 Å². The lowest BCUT2D eigenvalue weighted by molar-refractivity contribution is -0.136. The fourth-order valence-electron chi connectivity index (χ4n) is 3.13. The lowest BCUT2D eigenvalue weighted by Crippen LogP contribution is -2.37. The minimum absolute atomic E-state index is 0.163. The molecular formula is C18H19F3N2O3S. The van der Waals surface area contributed by atoms with Crippen LogP contribution in [0.3, 0.4) is 0 Å². The van der Waals surface area contributed by atoms with Gasteiger partial charge in [0, 0.05) is 18.5 Å². The highest BCUT2D eigenvalue weighted by Gasteiger charge is 2.35. The van der Waals surface area contributed by atoms with Crippen molar-refractivity contribution in [3.05, 3.63) is 29.3 Å². The number of aromatic nitrogens is 1. The van der Waals surface area contributed by atoms with Gasteiger partial charge in [-0.15, -0.1) is 11.8 Å². The van der Waals surface area contributed by atoms with E-state index in [1.165, 1.54) is 6.07 Å². The zero-order chi connectivity index (χ0) is 19.6. The Morgan fingerprint density at radius 1 is 1.33 bits per heavy atom. The van der Waals surface area contributed by atoms with Crippen LogP contribution >= 0.6 is 11.8 Å². The summed E-state index contributed by atoms with van der Waals surface area (Å²) in [5.74, 6) is -0.588. The Kier molecular flexibility index (Phi) is 5.81. The minimum Gasteiger partial charge on any atom is -0.462 e. The molecule has 1 aromatic heterocycles.